The minimum absolute atomic E-state index is 0.0589. The number of alkyl halides is 12. The lowest BCUT2D eigenvalue weighted by Gasteiger charge is -2.28. The van der Waals surface area contributed by atoms with Gasteiger partial charge in [0.05, 0.1) is 34.5 Å². The zero-order valence-corrected chi connectivity index (χ0v) is 28.3. The predicted octanol–water partition coefficient (Wildman–Crippen LogP) is 9.85. The van der Waals surface area contributed by atoms with Crippen LogP contribution in [0.5, 0.6) is 0 Å². The van der Waals surface area contributed by atoms with Gasteiger partial charge in [-0.15, -0.1) is 0 Å². The Labute approximate surface area is 287 Å². The van der Waals surface area contributed by atoms with Gasteiger partial charge in [-0.05, 0) is 99.4 Å². The fraction of sp³-hybridized carbons (Fsp3) is 0.314. The molecular formula is C35H28F12O2P2. The van der Waals surface area contributed by atoms with Crippen LogP contribution in [0.1, 0.15) is 36.1 Å². The van der Waals surface area contributed by atoms with E-state index < -0.39 is 80.8 Å². The van der Waals surface area contributed by atoms with Gasteiger partial charge in [0.15, 0.2) is 5.79 Å². The molecule has 0 amide bonds. The number of halogens is 12. The second kappa shape index (κ2) is 14.3. The van der Waals surface area contributed by atoms with Crippen LogP contribution in [0.15, 0.2) is 97.1 Å². The molecule has 51 heavy (non-hydrogen) atoms. The van der Waals surface area contributed by atoms with E-state index in [0.717, 1.165) is 48.5 Å². The summed E-state index contributed by atoms with van der Waals surface area (Å²) in [6, 6.07) is 17.0. The Morgan fingerprint density at radius 1 is 0.412 bits per heavy atom. The molecule has 0 unspecified atom stereocenters. The standard InChI is InChI=1S/C35H28F12O2P2/c1-31(2)48-29(19-50(25-11-3-21(4-12-25)32(36,37)38)26-13-5-22(6-14-26)33(39,40)41)30(49-31)20-51(27-15-7-23(8-16-27)34(42,43)44)28-17-9-24(10-18-28)35(45,46)47/h3-18,29-30H,19-20H2,1-2H3/t29-,30-/m0/s1. The summed E-state index contributed by atoms with van der Waals surface area (Å²) in [6.45, 7) is 3.19. The van der Waals surface area contributed by atoms with Crippen molar-refractivity contribution in [2.24, 2.45) is 0 Å². The average molecular weight is 771 g/mol. The van der Waals surface area contributed by atoms with E-state index >= 15 is 0 Å². The highest BCUT2D eigenvalue weighted by atomic mass is 31.1. The highest BCUT2D eigenvalue weighted by Crippen LogP contribution is 2.46. The van der Waals surface area contributed by atoms with Crippen molar-refractivity contribution in [3.63, 3.8) is 0 Å². The van der Waals surface area contributed by atoms with Gasteiger partial charge in [0, 0.05) is 12.3 Å². The Hall–Kier alpha value is -3.18. The first-order chi connectivity index (χ1) is 23.5. The summed E-state index contributed by atoms with van der Waals surface area (Å²) in [6.07, 6.45) is -20.1. The molecule has 4 aromatic rings. The lowest BCUT2D eigenvalue weighted by atomic mass is 10.2. The third-order valence-corrected chi connectivity index (χ3v) is 13.2. The molecule has 2 nitrogen and oxygen atoms in total. The van der Waals surface area contributed by atoms with E-state index in [9.17, 15) is 52.7 Å². The summed E-state index contributed by atoms with van der Waals surface area (Å²) in [5.41, 5.74) is -3.70. The molecule has 1 heterocycles. The van der Waals surface area contributed by atoms with Crippen LogP contribution in [-0.4, -0.2) is 30.3 Å². The quantitative estimate of drug-likeness (QED) is 0.131. The maximum Gasteiger partial charge on any atom is 0.416 e. The van der Waals surface area contributed by atoms with Gasteiger partial charge in [0.25, 0.3) is 0 Å². The first-order valence-electron chi connectivity index (χ1n) is 15.1. The van der Waals surface area contributed by atoms with Crippen LogP contribution in [0.3, 0.4) is 0 Å². The van der Waals surface area contributed by atoms with Gasteiger partial charge in [-0.2, -0.15) is 52.7 Å². The monoisotopic (exact) mass is 770 g/mol. The molecule has 0 radical (unpaired) electrons. The second-order valence-corrected chi connectivity index (χ2v) is 16.6. The first kappa shape index (κ1) is 39.0. The SMILES string of the molecule is CC1(C)O[C@@H](CP(c2ccc(C(F)(F)F)cc2)c2ccc(C(F)(F)F)cc2)[C@H](CP(c2ccc(C(F)(F)F)cc2)c2ccc(C(F)(F)F)cc2)O1. The van der Waals surface area contributed by atoms with Crippen molar-refractivity contribution in [3.05, 3.63) is 119 Å². The van der Waals surface area contributed by atoms with Crippen molar-refractivity contribution in [2.75, 3.05) is 12.3 Å². The molecule has 2 atom stereocenters. The molecule has 16 heteroatoms. The van der Waals surface area contributed by atoms with E-state index in [1.165, 1.54) is 48.5 Å². The molecule has 0 saturated carbocycles. The van der Waals surface area contributed by atoms with Gasteiger partial charge < -0.3 is 9.47 Å². The van der Waals surface area contributed by atoms with Gasteiger partial charge in [-0.3, -0.25) is 0 Å². The van der Waals surface area contributed by atoms with Gasteiger partial charge in [0.2, 0.25) is 0 Å². The maximum absolute atomic E-state index is 13.4. The minimum Gasteiger partial charge on any atom is -0.344 e. The van der Waals surface area contributed by atoms with Crippen molar-refractivity contribution in [1.82, 2.24) is 0 Å². The highest BCUT2D eigenvalue weighted by Gasteiger charge is 2.44. The van der Waals surface area contributed by atoms with Crippen LogP contribution in [-0.2, 0) is 34.2 Å². The molecule has 1 aliphatic rings. The molecule has 4 aromatic carbocycles. The smallest absolute Gasteiger partial charge is 0.344 e. The molecule has 0 spiro atoms. The fourth-order valence-electron chi connectivity index (χ4n) is 5.62. The van der Waals surface area contributed by atoms with Crippen molar-refractivity contribution in [1.29, 1.82) is 0 Å². The Balaban J connectivity index is 1.53. The van der Waals surface area contributed by atoms with E-state index in [0.29, 0.717) is 21.2 Å². The zero-order valence-electron chi connectivity index (χ0n) is 26.6. The molecule has 0 bridgehead atoms. The summed E-state index contributed by atoms with van der Waals surface area (Å²) < 4.78 is 173. The minimum atomic E-state index is -4.64. The molecular weight excluding hydrogens is 742 g/mol. The van der Waals surface area contributed by atoms with Gasteiger partial charge >= 0.3 is 24.7 Å². The number of rotatable bonds is 8. The van der Waals surface area contributed by atoms with Crippen molar-refractivity contribution >= 4 is 37.1 Å². The molecule has 0 aliphatic carbocycles. The first-order valence-corrected chi connectivity index (χ1v) is 18.2. The van der Waals surface area contributed by atoms with Crippen LogP contribution >= 0.6 is 15.8 Å². The number of benzene rings is 4. The zero-order chi connectivity index (χ0) is 37.6. The Kier molecular flexibility index (Phi) is 11.0. The lowest BCUT2D eigenvalue weighted by Crippen LogP contribution is -2.33. The topological polar surface area (TPSA) is 18.5 Å². The van der Waals surface area contributed by atoms with Crippen molar-refractivity contribution in [3.8, 4) is 0 Å². The van der Waals surface area contributed by atoms with Crippen LogP contribution < -0.4 is 21.2 Å². The number of hydrogen-bond donors (Lipinski definition) is 0. The van der Waals surface area contributed by atoms with Crippen LogP contribution in [0.25, 0.3) is 0 Å². The van der Waals surface area contributed by atoms with E-state index in [4.69, 9.17) is 9.47 Å². The van der Waals surface area contributed by atoms with E-state index in [2.05, 4.69) is 0 Å². The maximum atomic E-state index is 13.4. The largest absolute Gasteiger partial charge is 0.416 e. The van der Waals surface area contributed by atoms with Gasteiger partial charge in [0.1, 0.15) is 0 Å². The molecule has 5 rings (SSSR count). The summed E-state index contributed by atoms with van der Waals surface area (Å²) in [5, 5.41) is 1.60. The summed E-state index contributed by atoms with van der Waals surface area (Å²) >= 11 is 0. The van der Waals surface area contributed by atoms with E-state index in [-0.39, 0.29) is 12.3 Å². The molecule has 1 fully saturated rings. The summed E-state index contributed by atoms with van der Waals surface area (Å²) in [7, 11) is -3.35. The highest BCUT2D eigenvalue weighted by molar-refractivity contribution is 7.73. The van der Waals surface area contributed by atoms with Gasteiger partial charge in [-0.25, -0.2) is 0 Å². The molecule has 0 N–H and O–H groups in total. The van der Waals surface area contributed by atoms with Crippen molar-refractivity contribution < 1.29 is 62.2 Å². The van der Waals surface area contributed by atoms with Crippen LogP contribution in [0.2, 0.25) is 0 Å². The molecule has 1 saturated heterocycles. The average Bonchev–Trinajstić information content (AvgIpc) is 3.33. The third kappa shape index (κ3) is 9.63. The summed E-state index contributed by atoms with van der Waals surface area (Å²) in [5.74, 6) is -1.24. The fourth-order valence-corrected chi connectivity index (χ4v) is 10.4. The Morgan fingerprint density at radius 2 is 0.608 bits per heavy atom. The molecule has 274 valence electrons. The summed E-state index contributed by atoms with van der Waals surface area (Å²) in [4.78, 5) is 0. The van der Waals surface area contributed by atoms with E-state index in [1.807, 2.05) is 0 Å². The lowest BCUT2D eigenvalue weighted by molar-refractivity contribution is -0.143. The Bertz CT molecular complexity index is 1520. The Morgan fingerprint density at radius 3 is 0.784 bits per heavy atom. The van der Waals surface area contributed by atoms with Crippen LogP contribution in [0.4, 0.5) is 52.7 Å². The number of ether oxygens (including phenoxy) is 2. The second-order valence-electron chi connectivity index (χ2n) is 12.1. The molecule has 0 aromatic heterocycles. The normalized spacial score (nSPS) is 18.5. The van der Waals surface area contributed by atoms with Gasteiger partial charge in [-0.1, -0.05) is 48.5 Å². The third-order valence-electron chi connectivity index (χ3n) is 8.04. The van der Waals surface area contributed by atoms with E-state index in [1.54, 1.807) is 13.8 Å². The van der Waals surface area contributed by atoms with Crippen molar-refractivity contribution in [2.45, 2.75) is 56.5 Å². The predicted molar refractivity (Wildman–Crippen MR) is 172 cm³/mol. The molecule has 1 aliphatic heterocycles. The van der Waals surface area contributed by atoms with Crippen LogP contribution in [0, 0.1) is 0 Å². The number of hydrogen-bond acceptors (Lipinski definition) is 2.